The predicted octanol–water partition coefficient (Wildman–Crippen LogP) is 3.24. The van der Waals surface area contributed by atoms with Gasteiger partial charge in [-0.25, -0.2) is 0 Å². The van der Waals surface area contributed by atoms with E-state index in [0.29, 0.717) is 11.3 Å². The van der Waals surface area contributed by atoms with Crippen LogP contribution in [0.4, 0.5) is 24.5 Å². The molecule has 0 aliphatic heterocycles. The zero-order chi connectivity index (χ0) is 15.6. The van der Waals surface area contributed by atoms with E-state index in [0.717, 1.165) is 12.1 Å². The molecule has 1 aromatic heterocycles. The molecule has 0 saturated carbocycles. The van der Waals surface area contributed by atoms with Gasteiger partial charge in [-0.1, -0.05) is 6.07 Å². The lowest BCUT2D eigenvalue weighted by Crippen LogP contribution is -2.18. The number of nitrogens with zero attached hydrogens (tertiary/aromatic N) is 1. The number of nitrogens with one attached hydrogen (secondary N) is 1. The first-order valence-corrected chi connectivity index (χ1v) is 5.98. The third-order valence-corrected chi connectivity index (χ3v) is 2.92. The molecule has 0 aliphatic rings. The molecule has 0 aliphatic carbocycles. The summed E-state index contributed by atoms with van der Waals surface area (Å²) in [5, 5.41) is 2.52. The molecular formula is C14H12F3N3O. The molecule has 0 unspecified atom stereocenters. The van der Waals surface area contributed by atoms with Crippen molar-refractivity contribution in [2.75, 3.05) is 11.1 Å². The number of hydrogen-bond donors (Lipinski definition) is 2. The van der Waals surface area contributed by atoms with Crippen LogP contribution in [0, 0.1) is 6.92 Å². The van der Waals surface area contributed by atoms with Gasteiger partial charge in [0, 0.05) is 18.1 Å². The third kappa shape index (κ3) is 3.13. The van der Waals surface area contributed by atoms with Crippen LogP contribution in [0.5, 0.6) is 0 Å². The van der Waals surface area contributed by atoms with Crippen molar-refractivity contribution in [2.45, 2.75) is 13.1 Å². The molecule has 0 bridgehead atoms. The summed E-state index contributed by atoms with van der Waals surface area (Å²) in [6.45, 7) is 1.72. The van der Waals surface area contributed by atoms with Crippen molar-refractivity contribution in [1.82, 2.24) is 4.98 Å². The van der Waals surface area contributed by atoms with Crippen LogP contribution in [-0.2, 0) is 6.18 Å². The maximum atomic E-state index is 12.8. The average Bonchev–Trinajstić information content (AvgIpc) is 2.40. The summed E-state index contributed by atoms with van der Waals surface area (Å²) < 4.78 is 38.3. The molecule has 1 aromatic carbocycles. The minimum absolute atomic E-state index is 0.221. The number of amides is 1. The number of rotatable bonds is 2. The monoisotopic (exact) mass is 295 g/mol. The fourth-order valence-electron chi connectivity index (χ4n) is 1.81. The van der Waals surface area contributed by atoms with E-state index in [1.165, 1.54) is 18.5 Å². The number of hydrogen-bond acceptors (Lipinski definition) is 3. The number of pyridine rings is 1. The zero-order valence-corrected chi connectivity index (χ0v) is 11.0. The van der Waals surface area contributed by atoms with Crippen molar-refractivity contribution < 1.29 is 18.0 Å². The Hall–Kier alpha value is -2.57. The van der Waals surface area contributed by atoms with Crippen LogP contribution in [0.15, 0.2) is 36.7 Å². The summed E-state index contributed by atoms with van der Waals surface area (Å²) in [5.74, 6) is -0.701. The van der Waals surface area contributed by atoms with E-state index in [2.05, 4.69) is 10.3 Å². The van der Waals surface area contributed by atoms with E-state index in [-0.39, 0.29) is 5.56 Å². The highest BCUT2D eigenvalue weighted by atomic mass is 19.4. The summed E-state index contributed by atoms with van der Waals surface area (Å²) in [5.41, 5.74) is 4.79. The number of benzene rings is 1. The van der Waals surface area contributed by atoms with Gasteiger partial charge >= 0.3 is 6.18 Å². The Bertz CT molecular complexity index is 683. The van der Waals surface area contributed by atoms with Gasteiger partial charge in [0.2, 0.25) is 0 Å². The smallest absolute Gasteiger partial charge is 0.398 e. The largest absolute Gasteiger partial charge is 0.418 e. The summed E-state index contributed by atoms with van der Waals surface area (Å²) in [6.07, 6.45) is -1.60. The number of halogens is 3. The van der Waals surface area contributed by atoms with E-state index in [4.69, 9.17) is 5.73 Å². The van der Waals surface area contributed by atoms with Crippen molar-refractivity contribution in [1.29, 1.82) is 0 Å². The minimum Gasteiger partial charge on any atom is -0.398 e. The van der Waals surface area contributed by atoms with Crippen LogP contribution in [-0.4, -0.2) is 10.9 Å². The molecule has 0 spiro atoms. The van der Waals surface area contributed by atoms with Gasteiger partial charge in [-0.05, 0) is 30.7 Å². The number of aromatic nitrogens is 1. The van der Waals surface area contributed by atoms with Crippen LogP contribution in [0.25, 0.3) is 0 Å². The van der Waals surface area contributed by atoms with E-state index in [9.17, 15) is 18.0 Å². The molecular weight excluding hydrogens is 283 g/mol. The maximum Gasteiger partial charge on any atom is 0.418 e. The Morgan fingerprint density at radius 1 is 1.29 bits per heavy atom. The van der Waals surface area contributed by atoms with E-state index >= 15 is 0 Å². The van der Waals surface area contributed by atoms with Crippen molar-refractivity contribution in [2.24, 2.45) is 0 Å². The summed E-state index contributed by atoms with van der Waals surface area (Å²) >= 11 is 0. The molecule has 0 atom stereocenters. The van der Waals surface area contributed by atoms with Crippen molar-refractivity contribution in [3.8, 4) is 0 Å². The molecule has 4 nitrogen and oxygen atoms in total. The lowest BCUT2D eigenvalue weighted by molar-refractivity contribution is -0.136. The lowest BCUT2D eigenvalue weighted by Gasteiger charge is -2.14. The minimum atomic E-state index is -4.60. The van der Waals surface area contributed by atoms with E-state index in [1.54, 1.807) is 13.0 Å². The SMILES string of the molecule is Cc1cnccc1NC(=O)c1cccc(C(F)(F)F)c1N. The molecule has 7 heteroatoms. The number of alkyl halides is 3. The van der Waals surface area contributed by atoms with Crippen LogP contribution in [0.2, 0.25) is 0 Å². The first-order valence-electron chi connectivity index (χ1n) is 5.98. The Morgan fingerprint density at radius 3 is 2.62 bits per heavy atom. The van der Waals surface area contributed by atoms with E-state index in [1.807, 2.05) is 0 Å². The molecule has 1 amide bonds. The molecule has 1 heterocycles. The number of nitrogen functional groups attached to an aromatic ring is 1. The van der Waals surface area contributed by atoms with Gasteiger partial charge in [0.25, 0.3) is 5.91 Å². The van der Waals surface area contributed by atoms with Gasteiger partial charge in [-0.15, -0.1) is 0 Å². The first kappa shape index (κ1) is 14.8. The first-order chi connectivity index (χ1) is 9.80. The fourth-order valence-corrected chi connectivity index (χ4v) is 1.81. The standard InChI is InChI=1S/C14H12F3N3O/c1-8-7-19-6-5-11(8)20-13(21)9-3-2-4-10(12(9)18)14(15,16)17/h2-7H,18H2,1H3,(H,19,20,21). The zero-order valence-electron chi connectivity index (χ0n) is 11.0. The molecule has 110 valence electrons. The molecule has 0 radical (unpaired) electrons. The average molecular weight is 295 g/mol. The topological polar surface area (TPSA) is 68.0 Å². The van der Waals surface area contributed by atoms with Gasteiger partial charge in [0.15, 0.2) is 0 Å². The Kier molecular flexibility index (Phi) is 3.84. The van der Waals surface area contributed by atoms with Gasteiger partial charge in [-0.2, -0.15) is 13.2 Å². The van der Waals surface area contributed by atoms with Gasteiger partial charge in [0.1, 0.15) is 0 Å². The summed E-state index contributed by atoms with van der Waals surface area (Å²) in [4.78, 5) is 16.0. The summed E-state index contributed by atoms with van der Waals surface area (Å²) in [7, 11) is 0. The number of carbonyl (C=O) groups excluding carboxylic acids is 1. The van der Waals surface area contributed by atoms with Crippen LogP contribution in [0.1, 0.15) is 21.5 Å². The Labute approximate surface area is 118 Å². The maximum absolute atomic E-state index is 12.8. The molecule has 2 aromatic rings. The fraction of sp³-hybridized carbons (Fsp3) is 0.143. The van der Waals surface area contributed by atoms with Crippen LogP contribution in [0.3, 0.4) is 0 Å². The number of anilines is 2. The van der Waals surface area contributed by atoms with Crippen molar-refractivity contribution in [3.05, 3.63) is 53.3 Å². The quantitative estimate of drug-likeness (QED) is 0.836. The van der Waals surface area contributed by atoms with Crippen LogP contribution >= 0.6 is 0 Å². The predicted molar refractivity (Wildman–Crippen MR) is 72.8 cm³/mol. The molecule has 0 saturated heterocycles. The highest BCUT2D eigenvalue weighted by Gasteiger charge is 2.34. The highest BCUT2D eigenvalue weighted by Crippen LogP contribution is 2.35. The normalized spacial score (nSPS) is 11.2. The van der Waals surface area contributed by atoms with Crippen molar-refractivity contribution >= 4 is 17.3 Å². The van der Waals surface area contributed by atoms with Gasteiger partial charge in [-0.3, -0.25) is 9.78 Å². The second-order valence-electron chi connectivity index (χ2n) is 4.41. The van der Waals surface area contributed by atoms with Crippen molar-refractivity contribution in [3.63, 3.8) is 0 Å². The Balaban J connectivity index is 2.35. The number of aryl methyl sites for hydroxylation is 1. The second-order valence-corrected chi connectivity index (χ2v) is 4.41. The number of carbonyl (C=O) groups is 1. The van der Waals surface area contributed by atoms with E-state index < -0.39 is 23.3 Å². The second kappa shape index (κ2) is 5.43. The lowest BCUT2D eigenvalue weighted by atomic mass is 10.1. The Morgan fingerprint density at radius 2 is 2.00 bits per heavy atom. The molecule has 0 fully saturated rings. The number of nitrogens with two attached hydrogens (primary N) is 1. The van der Waals surface area contributed by atoms with Gasteiger partial charge < -0.3 is 11.1 Å². The molecule has 3 N–H and O–H groups in total. The third-order valence-electron chi connectivity index (χ3n) is 2.92. The molecule has 2 rings (SSSR count). The summed E-state index contributed by atoms with van der Waals surface area (Å²) in [6, 6.07) is 4.78. The molecule has 21 heavy (non-hydrogen) atoms. The van der Waals surface area contributed by atoms with Gasteiger partial charge in [0.05, 0.1) is 16.8 Å². The highest BCUT2D eigenvalue weighted by molar-refractivity contribution is 6.08. The number of para-hydroxylation sites is 1. The van der Waals surface area contributed by atoms with Crippen LogP contribution < -0.4 is 11.1 Å².